The SMILES string of the molecule is COc1ccc(CO)cc1-c1ccc2nc(-c3ccc(Cl)cc3)cn2c1. The second-order valence-electron chi connectivity index (χ2n) is 6.01. The number of aliphatic hydroxyl groups is 1. The molecule has 1 N–H and O–H groups in total. The van der Waals surface area contributed by atoms with Crippen molar-refractivity contribution >= 4 is 17.2 Å². The van der Waals surface area contributed by atoms with Gasteiger partial charge in [0, 0.05) is 34.1 Å². The molecule has 4 aromatic rings. The molecular weight excluding hydrogens is 348 g/mol. The lowest BCUT2D eigenvalue weighted by Gasteiger charge is -2.10. The van der Waals surface area contributed by atoms with Crippen molar-refractivity contribution in [3.05, 3.63) is 77.6 Å². The molecule has 4 nitrogen and oxygen atoms in total. The highest BCUT2D eigenvalue weighted by Crippen LogP contribution is 2.32. The molecule has 0 saturated heterocycles. The minimum atomic E-state index is -0.00890. The predicted octanol–water partition coefficient (Wildman–Crippen LogP) is 4.82. The molecule has 4 rings (SSSR count). The van der Waals surface area contributed by atoms with Crippen molar-refractivity contribution in [3.8, 4) is 28.1 Å². The van der Waals surface area contributed by atoms with E-state index in [1.54, 1.807) is 7.11 Å². The largest absolute Gasteiger partial charge is 0.496 e. The zero-order valence-electron chi connectivity index (χ0n) is 14.2. The van der Waals surface area contributed by atoms with Gasteiger partial charge in [-0.25, -0.2) is 4.98 Å². The maximum atomic E-state index is 9.43. The lowest BCUT2D eigenvalue weighted by atomic mass is 10.0. The van der Waals surface area contributed by atoms with Crippen LogP contribution < -0.4 is 4.74 Å². The zero-order chi connectivity index (χ0) is 18.1. The van der Waals surface area contributed by atoms with Crippen LogP contribution in [0.2, 0.25) is 5.02 Å². The van der Waals surface area contributed by atoms with Crippen LogP contribution >= 0.6 is 11.6 Å². The summed E-state index contributed by atoms with van der Waals surface area (Å²) in [5, 5.41) is 10.1. The van der Waals surface area contributed by atoms with Gasteiger partial charge in [-0.3, -0.25) is 0 Å². The second-order valence-corrected chi connectivity index (χ2v) is 6.45. The van der Waals surface area contributed by atoms with Crippen molar-refractivity contribution in [1.29, 1.82) is 0 Å². The molecule has 0 fully saturated rings. The normalized spacial score (nSPS) is 11.0. The molecule has 2 aromatic heterocycles. The number of imidazole rings is 1. The fourth-order valence-electron chi connectivity index (χ4n) is 2.99. The van der Waals surface area contributed by atoms with Crippen LogP contribution in [0, 0.1) is 0 Å². The molecule has 0 bridgehead atoms. The van der Waals surface area contributed by atoms with E-state index in [2.05, 4.69) is 4.98 Å². The highest BCUT2D eigenvalue weighted by Gasteiger charge is 2.10. The summed E-state index contributed by atoms with van der Waals surface area (Å²) in [5.41, 5.74) is 5.52. The van der Waals surface area contributed by atoms with Gasteiger partial charge in [0.1, 0.15) is 11.4 Å². The summed E-state index contributed by atoms with van der Waals surface area (Å²) in [6.45, 7) is -0.00890. The van der Waals surface area contributed by atoms with Gasteiger partial charge in [0.15, 0.2) is 0 Å². The number of nitrogens with zero attached hydrogens (tertiary/aromatic N) is 2. The smallest absolute Gasteiger partial charge is 0.137 e. The van der Waals surface area contributed by atoms with E-state index in [1.165, 1.54) is 0 Å². The standard InChI is InChI=1S/C21H17ClN2O2/c1-26-20-8-2-14(13-25)10-18(20)16-5-9-21-23-19(12-24(21)11-16)15-3-6-17(22)7-4-15/h2-12,25H,13H2,1H3. The summed E-state index contributed by atoms with van der Waals surface area (Å²) in [6.07, 6.45) is 4.01. The number of methoxy groups -OCH3 is 1. The third-order valence-electron chi connectivity index (χ3n) is 4.35. The molecule has 0 amide bonds. The summed E-state index contributed by atoms with van der Waals surface area (Å²) >= 11 is 5.96. The lowest BCUT2D eigenvalue weighted by molar-refractivity contribution is 0.281. The van der Waals surface area contributed by atoms with Gasteiger partial charge in [0.25, 0.3) is 0 Å². The fourth-order valence-corrected chi connectivity index (χ4v) is 3.12. The van der Waals surface area contributed by atoms with Gasteiger partial charge < -0.3 is 14.2 Å². The van der Waals surface area contributed by atoms with Crippen LogP contribution in [0.15, 0.2) is 67.0 Å². The Balaban J connectivity index is 1.80. The Kier molecular flexibility index (Phi) is 4.37. The van der Waals surface area contributed by atoms with E-state index in [0.29, 0.717) is 5.02 Å². The van der Waals surface area contributed by atoms with Crippen LogP contribution in [-0.2, 0) is 6.61 Å². The van der Waals surface area contributed by atoms with Crippen LogP contribution in [0.1, 0.15) is 5.56 Å². The molecule has 2 heterocycles. The van der Waals surface area contributed by atoms with Crippen LogP contribution in [0.4, 0.5) is 0 Å². The minimum Gasteiger partial charge on any atom is -0.496 e. The summed E-state index contributed by atoms with van der Waals surface area (Å²) in [4.78, 5) is 4.67. The Hall–Kier alpha value is -2.82. The van der Waals surface area contributed by atoms with E-state index in [0.717, 1.165) is 39.3 Å². The molecule has 0 radical (unpaired) electrons. The van der Waals surface area contributed by atoms with E-state index in [9.17, 15) is 5.11 Å². The van der Waals surface area contributed by atoms with Gasteiger partial charge >= 0.3 is 0 Å². The van der Waals surface area contributed by atoms with Gasteiger partial charge in [-0.1, -0.05) is 29.8 Å². The van der Waals surface area contributed by atoms with Gasteiger partial charge in [-0.2, -0.15) is 0 Å². The van der Waals surface area contributed by atoms with Crippen molar-refractivity contribution in [1.82, 2.24) is 9.38 Å². The van der Waals surface area contributed by atoms with Gasteiger partial charge in [0.05, 0.1) is 19.4 Å². The maximum absolute atomic E-state index is 9.43. The Morgan fingerprint density at radius 2 is 1.77 bits per heavy atom. The molecular formula is C21H17ClN2O2. The first-order valence-electron chi connectivity index (χ1n) is 8.21. The molecule has 0 aliphatic heterocycles. The molecule has 0 spiro atoms. The van der Waals surface area contributed by atoms with Gasteiger partial charge in [0.2, 0.25) is 0 Å². The molecule has 0 unspecified atom stereocenters. The van der Waals surface area contributed by atoms with Crippen LogP contribution in [0.25, 0.3) is 28.0 Å². The minimum absolute atomic E-state index is 0.00890. The molecule has 0 aliphatic carbocycles. The number of fused-ring (bicyclic) bond motifs is 1. The summed E-state index contributed by atoms with van der Waals surface area (Å²) in [7, 11) is 1.64. The highest BCUT2D eigenvalue weighted by atomic mass is 35.5. The average molecular weight is 365 g/mol. The summed E-state index contributed by atoms with van der Waals surface area (Å²) in [5.74, 6) is 0.764. The van der Waals surface area contributed by atoms with Gasteiger partial charge in [-0.05, 0) is 42.0 Å². The number of halogens is 1. The summed E-state index contributed by atoms with van der Waals surface area (Å²) in [6, 6.07) is 17.3. The van der Waals surface area contributed by atoms with E-state index in [4.69, 9.17) is 16.3 Å². The number of aliphatic hydroxyl groups excluding tert-OH is 1. The number of rotatable bonds is 4. The number of benzene rings is 2. The Bertz CT molecular complexity index is 1070. The fraction of sp³-hybridized carbons (Fsp3) is 0.0952. The average Bonchev–Trinajstić information content (AvgIpc) is 3.11. The third-order valence-corrected chi connectivity index (χ3v) is 4.60. The van der Waals surface area contributed by atoms with E-state index >= 15 is 0 Å². The second kappa shape index (κ2) is 6.83. The number of aromatic nitrogens is 2. The number of hydrogen-bond donors (Lipinski definition) is 1. The van der Waals surface area contributed by atoms with Crippen molar-refractivity contribution < 1.29 is 9.84 Å². The maximum Gasteiger partial charge on any atom is 0.137 e. The molecule has 2 aromatic carbocycles. The monoisotopic (exact) mass is 364 g/mol. The third kappa shape index (κ3) is 3.05. The molecule has 0 atom stereocenters. The van der Waals surface area contributed by atoms with Gasteiger partial charge in [-0.15, -0.1) is 0 Å². The van der Waals surface area contributed by atoms with Crippen molar-refractivity contribution in [2.45, 2.75) is 6.61 Å². The molecule has 130 valence electrons. The quantitative estimate of drug-likeness (QED) is 0.564. The number of ether oxygens (including phenoxy) is 1. The number of pyridine rings is 1. The topological polar surface area (TPSA) is 46.8 Å². The molecule has 0 aliphatic rings. The van der Waals surface area contributed by atoms with Crippen LogP contribution in [0.3, 0.4) is 0 Å². The first-order chi connectivity index (χ1) is 12.7. The molecule has 5 heteroatoms. The van der Waals surface area contributed by atoms with Crippen LogP contribution in [0.5, 0.6) is 5.75 Å². The van der Waals surface area contributed by atoms with E-state index in [1.807, 2.05) is 71.4 Å². The Labute approximate surface area is 156 Å². The lowest BCUT2D eigenvalue weighted by Crippen LogP contribution is -1.92. The summed E-state index contributed by atoms with van der Waals surface area (Å²) < 4.78 is 7.47. The van der Waals surface area contributed by atoms with Crippen molar-refractivity contribution in [2.75, 3.05) is 7.11 Å². The zero-order valence-corrected chi connectivity index (χ0v) is 14.9. The van der Waals surface area contributed by atoms with E-state index < -0.39 is 0 Å². The molecule has 26 heavy (non-hydrogen) atoms. The van der Waals surface area contributed by atoms with E-state index in [-0.39, 0.29) is 6.61 Å². The van der Waals surface area contributed by atoms with Crippen LogP contribution in [-0.4, -0.2) is 21.6 Å². The molecule has 0 saturated carbocycles. The number of hydrogen-bond acceptors (Lipinski definition) is 3. The van der Waals surface area contributed by atoms with Crippen molar-refractivity contribution in [3.63, 3.8) is 0 Å². The predicted molar refractivity (Wildman–Crippen MR) is 104 cm³/mol. The Morgan fingerprint density at radius 1 is 1.00 bits per heavy atom. The first-order valence-corrected chi connectivity index (χ1v) is 8.58. The Morgan fingerprint density at radius 3 is 2.50 bits per heavy atom. The first kappa shape index (κ1) is 16.6. The highest BCUT2D eigenvalue weighted by molar-refractivity contribution is 6.30. The van der Waals surface area contributed by atoms with Crippen molar-refractivity contribution in [2.24, 2.45) is 0 Å².